The van der Waals surface area contributed by atoms with Gasteiger partial charge in [0.15, 0.2) is 0 Å². The molecule has 4 nitrogen and oxygen atoms in total. The van der Waals surface area contributed by atoms with E-state index in [1.165, 1.54) is 6.42 Å². The normalized spacial score (nSPS) is 19.6. The number of likely N-dealkylation sites (N-methyl/N-ethyl adjacent to an activating group) is 1. The molecule has 1 heterocycles. The molecule has 2 rings (SSSR count). The van der Waals surface area contributed by atoms with Crippen molar-refractivity contribution in [3.63, 3.8) is 0 Å². The number of carbonyl (C=O) groups excluding carboxylic acids is 1. The number of nitrogens with zero attached hydrogens (tertiary/aromatic N) is 1. The third kappa shape index (κ3) is 4.39. The number of rotatable bonds is 7. The van der Waals surface area contributed by atoms with Crippen LogP contribution in [0, 0.1) is 0 Å². The maximum absolute atomic E-state index is 11.9. The zero-order valence-electron chi connectivity index (χ0n) is 14.2. The van der Waals surface area contributed by atoms with Gasteiger partial charge in [-0.15, -0.1) is 11.6 Å². The third-order valence-electron chi connectivity index (χ3n) is 4.40. The molecule has 0 aromatic heterocycles. The van der Waals surface area contributed by atoms with Gasteiger partial charge in [0.05, 0.1) is 12.2 Å². The second-order valence-electron chi connectivity index (χ2n) is 5.83. The Balaban J connectivity index is 2.10. The molecule has 23 heavy (non-hydrogen) atoms. The second-order valence-corrected chi connectivity index (χ2v) is 6.10. The Bertz CT molecular complexity index is 535. The zero-order valence-corrected chi connectivity index (χ0v) is 14.9. The highest BCUT2D eigenvalue weighted by atomic mass is 35.5. The molecule has 1 aliphatic heterocycles. The Kier molecular flexibility index (Phi) is 6.72. The molecule has 0 spiro atoms. The summed E-state index contributed by atoms with van der Waals surface area (Å²) in [6, 6.07) is 5.86. The van der Waals surface area contributed by atoms with Crippen molar-refractivity contribution in [1.82, 2.24) is 4.90 Å². The third-order valence-corrected chi connectivity index (χ3v) is 4.69. The van der Waals surface area contributed by atoms with E-state index >= 15 is 0 Å². The molecule has 1 aromatic rings. The average Bonchev–Trinajstić information content (AvgIpc) is 3.03. The Hall–Kier alpha value is -1.26. The van der Waals surface area contributed by atoms with Gasteiger partial charge in [0.2, 0.25) is 0 Å². The highest BCUT2D eigenvalue weighted by molar-refractivity contribution is 6.17. The van der Waals surface area contributed by atoms with Gasteiger partial charge in [-0.2, -0.15) is 0 Å². The summed E-state index contributed by atoms with van der Waals surface area (Å²) in [7, 11) is 0. The molecule has 1 aromatic carbocycles. The Morgan fingerprint density at radius 3 is 2.87 bits per heavy atom. The number of likely N-dealkylation sites (tertiary alicyclic amines) is 1. The van der Waals surface area contributed by atoms with Crippen LogP contribution in [0.1, 0.15) is 49.5 Å². The summed E-state index contributed by atoms with van der Waals surface area (Å²) in [6.07, 6.45) is 2.49. The van der Waals surface area contributed by atoms with Crippen molar-refractivity contribution in [3.05, 3.63) is 29.3 Å². The van der Waals surface area contributed by atoms with Crippen LogP contribution in [0.25, 0.3) is 0 Å². The van der Waals surface area contributed by atoms with Crippen LogP contribution in [-0.4, -0.2) is 42.7 Å². The molecule has 1 aliphatic rings. The zero-order chi connectivity index (χ0) is 16.8. The predicted octanol–water partition coefficient (Wildman–Crippen LogP) is 3.85. The summed E-state index contributed by atoms with van der Waals surface area (Å²) in [4.78, 5) is 14.4. The van der Waals surface area contributed by atoms with Crippen LogP contribution >= 0.6 is 11.6 Å². The van der Waals surface area contributed by atoms with E-state index in [9.17, 15) is 4.79 Å². The van der Waals surface area contributed by atoms with Crippen molar-refractivity contribution in [1.29, 1.82) is 0 Å². The minimum absolute atomic E-state index is 0.106. The molecule has 0 amide bonds. The van der Waals surface area contributed by atoms with E-state index in [0.29, 0.717) is 18.2 Å². The predicted molar refractivity (Wildman–Crippen MR) is 92.3 cm³/mol. The summed E-state index contributed by atoms with van der Waals surface area (Å²) in [5, 5.41) is 0. The van der Waals surface area contributed by atoms with Gasteiger partial charge in [-0.05, 0) is 63.5 Å². The quantitative estimate of drug-likeness (QED) is 0.558. The number of benzene rings is 1. The Labute approximate surface area is 143 Å². The number of hydrogen-bond donors (Lipinski definition) is 0. The first-order valence-corrected chi connectivity index (χ1v) is 8.90. The summed E-state index contributed by atoms with van der Waals surface area (Å²) in [5.41, 5.74) is 1.26. The van der Waals surface area contributed by atoms with Crippen LogP contribution in [0.5, 0.6) is 5.75 Å². The van der Waals surface area contributed by atoms with Crippen molar-refractivity contribution in [2.45, 2.75) is 51.6 Å². The van der Waals surface area contributed by atoms with Crippen LogP contribution in [0.3, 0.4) is 0 Å². The number of halogens is 1. The fraction of sp³-hybridized carbons (Fsp3) is 0.611. The van der Waals surface area contributed by atoms with E-state index in [1.807, 2.05) is 12.1 Å². The van der Waals surface area contributed by atoms with Crippen LogP contribution < -0.4 is 4.74 Å². The summed E-state index contributed by atoms with van der Waals surface area (Å²) < 4.78 is 11.2. The molecular weight excluding hydrogens is 314 g/mol. The fourth-order valence-corrected chi connectivity index (χ4v) is 3.45. The molecule has 5 heteroatoms. The van der Waals surface area contributed by atoms with E-state index in [0.717, 1.165) is 30.8 Å². The maximum Gasteiger partial charge on any atom is 0.338 e. The molecular formula is C18H26ClNO3. The molecule has 0 saturated carbocycles. The van der Waals surface area contributed by atoms with Crippen molar-refractivity contribution in [2.24, 2.45) is 0 Å². The largest absolute Gasteiger partial charge is 0.489 e. The number of ether oxygens (including phenoxy) is 2. The maximum atomic E-state index is 11.9. The molecule has 2 unspecified atom stereocenters. The second kappa shape index (κ2) is 8.55. The Morgan fingerprint density at radius 2 is 2.22 bits per heavy atom. The minimum Gasteiger partial charge on any atom is -0.489 e. The van der Waals surface area contributed by atoms with Gasteiger partial charge in [0, 0.05) is 11.9 Å². The van der Waals surface area contributed by atoms with Crippen LogP contribution in [0.4, 0.5) is 0 Å². The van der Waals surface area contributed by atoms with E-state index in [1.54, 1.807) is 13.0 Å². The summed E-state index contributed by atoms with van der Waals surface area (Å²) in [6.45, 7) is 8.63. The number of alkyl halides is 1. The lowest BCUT2D eigenvalue weighted by Gasteiger charge is -2.29. The molecule has 1 saturated heterocycles. The first kappa shape index (κ1) is 18.1. The van der Waals surface area contributed by atoms with Gasteiger partial charge in [-0.3, -0.25) is 4.90 Å². The molecule has 0 N–H and O–H groups in total. The summed E-state index contributed by atoms with van der Waals surface area (Å²) >= 11 is 5.99. The van der Waals surface area contributed by atoms with Gasteiger partial charge >= 0.3 is 5.97 Å². The highest BCUT2D eigenvalue weighted by Gasteiger charge is 2.29. The lowest BCUT2D eigenvalue weighted by Crippen LogP contribution is -2.40. The Morgan fingerprint density at radius 1 is 1.43 bits per heavy atom. The van der Waals surface area contributed by atoms with Crippen LogP contribution in [-0.2, 0) is 10.6 Å². The van der Waals surface area contributed by atoms with Gasteiger partial charge in [0.1, 0.15) is 11.9 Å². The smallest absolute Gasteiger partial charge is 0.338 e. The van der Waals surface area contributed by atoms with E-state index < -0.39 is 0 Å². The minimum atomic E-state index is -0.337. The van der Waals surface area contributed by atoms with E-state index in [2.05, 4.69) is 18.7 Å². The van der Waals surface area contributed by atoms with E-state index in [-0.39, 0.29) is 18.0 Å². The number of carbonyl (C=O) groups is 1. The topological polar surface area (TPSA) is 38.8 Å². The molecule has 1 fully saturated rings. The lowest BCUT2D eigenvalue weighted by molar-refractivity contribution is 0.0525. The first-order valence-electron chi connectivity index (χ1n) is 8.37. The lowest BCUT2D eigenvalue weighted by atomic mass is 10.1. The van der Waals surface area contributed by atoms with E-state index in [4.69, 9.17) is 21.1 Å². The average molecular weight is 340 g/mol. The van der Waals surface area contributed by atoms with Crippen LogP contribution in [0.15, 0.2) is 18.2 Å². The molecule has 0 aliphatic carbocycles. The molecule has 128 valence electrons. The fourth-order valence-electron chi connectivity index (χ4n) is 3.23. The van der Waals surface area contributed by atoms with Crippen molar-refractivity contribution in [2.75, 3.05) is 19.7 Å². The number of hydrogen-bond acceptors (Lipinski definition) is 4. The van der Waals surface area contributed by atoms with Crippen molar-refractivity contribution in [3.8, 4) is 5.75 Å². The molecule has 2 atom stereocenters. The van der Waals surface area contributed by atoms with Gasteiger partial charge in [0.25, 0.3) is 0 Å². The van der Waals surface area contributed by atoms with Crippen molar-refractivity contribution < 1.29 is 14.3 Å². The monoisotopic (exact) mass is 339 g/mol. The number of esters is 1. The first-order chi connectivity index (χ1) is 11.1. The van der Waals surface area contributed by atoms with Gasteiger partial charge in [-0.25, -0.2) is 4.79 Å². The highest BCUT2D eigenvalue weighted by Crippen LogP contribution is 2.26. The molecule has 0 bridgehead atoms. The van der Waals surface area contributed by atoms with Gasteiger partial charge < -0.3 is 9.47 Å². The van der Waals surface area contributed by atoms with Gasteiger partial charge in [-0.1, -0.05) is 6.92 Å². The van der Waals surface area contributed by atoms with Crippen molar-refractivity contribution >= 4 is 17.6 Å². The molecule has 0 radical (unpaired) electrons. The SMILES string of the molecule is CCOC(=O)c1ccc(OC(C)C2CCCN2CC)cc1CCl. The standard InChI is InChI=1S/C18H26ClNO3/c1-4-20-10-6-7-17(20)13(3)23-15-8-9-16(14(11-15)12-19)18(21)22-5-2/h8-9,11,13,17H,4-7,10,12H2,1-3H3. The summed E-state index contributed by atoms with van der Waals surface area (Å²) in [5.74, 6) is 0.671. The van der Waals surface area contributed by atoms with Crippen LogP contribution in [0.2, 0.25) is 0 Å².